The van der Waals surface area contributed by atoms with Crippen LogP contribution < -0.4 is 10.1 Å². The van der Waals surface area contributed by atoms with Crippen molar-refractivity contribution in [3.05, 3.63) is 29.3 Å². The molecule has 18 heavy (non-hydrogen) atoms. The fourth-order valence-electron chi connectivity index (χ4n) is 2.31. The van der Waals surface area contributed by atoms with E-state index in [-0.39, 0.29) is 29.1 Å². The van der Waals surface area contributed by atoms with E-state index in [2.05, 4.69) is 5.32 Å². The molecule has 1 fully saturated rings. The van der Waals surface area contributed by atoms with Gasteiger partial charge < -0.3 is 15.2 Å². The number of hydrogen-bond acceptors (Lipinski definition) is 3. The van der Waals surface area contributed by atoms with Crippen molar-refractivity contribution in [3.63, 3.8) is 0 Å². The van der Waals surface area contributed by atoms with Gasteiger partial charge in [0.05, 0.1) is 13.0 Å². The van der Waals surface area contributed by atoms with E-state index in [1.165, 1.54) is 13.2 Å². The first-order valence-electron chi connectivity index (χ1n) is 5.73. The third kappa shape index (κ3) is 2.03. The minimum Gasteiger partial charge on any atom is -0.496 e. The predicted octanol–water partition coefficient (Wildman–Crippen LogP) is 1.24. The Balaban J connectivity index is 2.41. The van der Waals surface area contributed by atoms with Crippen LogP contribution in [-0.4, -0.2) is 30.6 Å². The highest BCUT2D eigenvalue weighted by molar-refractivity contribution is 5.92. The largest absolute Gasteiger partial charge is 0.496 e. The molecule has 1 heterocycles. The van der Waals surface area contributed by atoms with E-state index in [1.54, 1.807) is 12.1 Å². The highest BCUT2D eigenvalue weighted by Crippen LogP contribution is 2.32. The second kappa shape index (κ2) is 4.68. The number of hydrogen-bond donors (Lipinski definition) is 2. The van der Waals surface area contributed by atoms with Gasteiger partial charge in [-0.3, -0.25) is 4.79 Å². The van der Waals surface area contributed by atoms with Gasteiger partial charge in [0.1, 0.15) is 11.3 Å². The Morgan fingerprint density at radius 1 is 1.50 bits per heavy atom. The van der Waals surface area contributed by atoms with Crippen LogP contribution in [0.15, 0.2) is 18.2 Å². The van der Waals surface area contributed by atoms with E-state index >= 15 is 0 Å². The number of carboxylic acids is 1. The Hall–Kier alpha value is -2.04. The Morgan fingerprint density at radius 2 is 2.22 bits per heavy atom. The second-order valence-corrected chi connectivity index (χ2v) is 4.46. The lowest BCUT2D eigenvalue weighted by Gasteiger charge is -2.14. The lowest BCUT2D eigenvalue weighted by Crippen LogP contribution is -2.18. The quantitative estimate of drug-likeness (QED) is 0.845. The summed E-state index contributed by atoms with van der Waals surface area (Å²) in [6.45, 7) is 2.63. The molecule has 5 nitrogen and oxygen atoms in total. The van der Waals surface area contributed by atoms with Gasteiger partial charge in [-0.05, 0) is 23.6 Å². The van der Waals surface area contributed by atoms with E-state index in [0.717, 1.165) is 5.56 Å². The zero-order valence-electron chi connectivity index (χ0n) is 10.3. The number of carbonyl (C=O) groups is 2. The summed E-state index contributed by atoms with van der Waals surface area (Å²) in [6, 6.07) is 4.79. The molecule has 0 aliphatic carbocycles. The highest BCUT2D eigenvalue weighted by atomic mass is 16.5. The summed E-state index contributed by atoms with van der Waals surface area (Å²) < 4.78 is 5.06. The average Bonchev–Trinajstić information content (AvgIpc) is 2.68. The van der Waals surface area contributed by atoms with E-state index in [1.807, 2.05) is 6.92 Å². The molecule has 0 radical (unpaired) electrons. The third-order valence-electron chi connectivity index (χ3n) is 3.26. The molecule has 5 heteroatoms. The Kier molecular flexibility index (Phi) is 3.23. The van der Waals surface area contributed by atoms with Crippen LogP contribution in [0, 0.1) is 5.92 Å². The summed E-state index contributed by atoms with van der Waals surface area (Å²) in [6.07, 6.45) is 0. The molecule has 0 saturated carbocycles. The fraction of sp³-hybridized carbons (Fsp3) is 0.385. The van der Waals surface area contributed by atoms with Crippen LogP contribution in [0.25, 0.3) is 0 Å². The topological polar surface area (TPSA) is 75.6 Å². The van der Waals surface area contributed by atoms with E-state index in [4.69, 9.17) is 9.84 Å². The minimum absolute atomic E-state index is 0.0207. The van der Waals surface area contributed by atoms with Crippen LogP contribution in [0.2, 0.25) is 0 Å². The standard InChI is InChI=1S/C13H15NO4/c1-7-6-14-12(15)11(7)8-3-4-9(13(16)17)10(5-8)18-2/h3-5,7,11H,6H2,1-2H3,(H,14,15)(H,16,17)/t7?,11-/m1/s1. The number of amides is 1. The lowest BCUT2D eigenvalue weighted by atomic mass is 9.89. The number of carbonyl (C=O) groups excluding carboxylic acids is 1. The van der Waals surface area contributed by atoms with E-state index < -0.39 is 5.97 Å². The van der Waals surface area contributed by atoms with Gasteiger partial charge in [0, 0.05) is 6.54 Å². The van der Waals surface area contributed by atoms with Crippen molar-refractivity contribution >= 4 is 11.9 Å². The van der Waals surface area contributed by atoms with Gasteiger partial charge >= 0.3 is 5.97 Å². The molecule has 1 unspecified atom stereocenters. The summed E-state index contributed by atoms with van der Waals surface area (Å²) in [4.78, 5) is 22.7. The summed E-state index contributed by atoms with van der Waals surface area (Å²) in [5.74, 6) is -0.818. The number of methoxy groups -OCH3 is 1. The first-order valence-corrected chi connectivity index (χ1v) is 5.73. The van der Waals surface area contributed by atoms with E-state index in [0.29, 0.717) is 6.54 Å². The monoisotopic (exact) mass is 249 g/mol. The number of benzene rings is 1. The molecule has 2 rings (SSSR count). The molecule has 1 aromatic rings. The van der Waals surface area contributed by atoms with Crippen LogP contribution in [0.3, 0.4) is 0 Å². The van der Waals surface area contributed by atoms with Gasteiger partial charge in [-0.1, -0.05) is 13.0 Å². The molecular formula is C13H15NO4. The zero-order chi connectivity index (χ0) is 13.3. The normalized spacial score (nSPS) is 22.7. The number of nitrogens with one attached hydrogen (secondary N) is 1. The maximum absolute atomic E-state index is 11.7. The van der Waals surface area contributed by atoms with Gasteiger partial charge in [0.15, 0.2) is 0 Å². The first-order chi connectivity index (χ1) is 8.54. The molecule has 96 valence electrons. The second-order valence-electron chi connectivity index (χ2n) is 4.46. The molecule has 1 aliphatic heterocycles. The van der Waals surface area contributed by atoms with Crippen molar-refractivity contribution in [2.75, 3.05) is 13.7 Å². The van der Waals surface area contributed by atoms with Crippen LogP contribution in [-0.2, 0) is 4.79 Å². The van der Waals surface area contributed by atoms with Gasteiger partial charge in [-0.15, -0.1) is 0 Å². The number of carboxylic acid groups (broad SMARTS) is 1. The Labute approximate surface area is 105 Å². The van der Waals surface area contributed by atoms with Crippen molar-refractivity contribution in [1.29, 1.82) is 0 Å². The maximum Gasteiger partial charge on any atom is 0.339 e. The summed E-state index contributed by atoms with van der Waals surface area (Å²) >= 11 is 0. The molecule has 0 bridgehead atoms. The molecule has 0 aromatic heterocycles. The minimum atomic E-state index is -1.04. The van der Waals surface area contributed by atoms with Crippen LogP contribution in [0.5, 0.6) is 5.75 Å². The van der Waals surface area contributed by atoms with Crippen LogP contribution >= 0.6 is 0 Å². The van der Waals surface area contributed by atoms with Gasteiger partial charge in [-0.25, -0.2) is 4.79 Å². The molecule has 1 amide bonds. The summed E-state index contributed by atoms with van der Waals surface area (Å²) in [7, 11) is 1.42. The summed E-state index contributed by atoms with van der Waals surface area (Å²) in [5, 5.41) is 11.8. The van der Waals surface area contributed by atoms with Crippen molar-refractivity contribution in [2.45, 2.75) is 12.8 Å². The van der Waals surface area contributed by atoms with E-state index in [9.17, 15) is 9.59 Å². The highest BCUT2D eigenvalue weighted by Gasteiger charge is 2.33. The molecule has 1 saturated heterocycles. The SMILES string of the molecule is COc1cc([C@@H]2C(=O)NCC2C)ccc1C(=O)O. The molecule has 1 aromatic carbocycles. The van der Waals surface area contributed by atoms with Gasteiger partial charge in [0.25, 0.3) is 0 Å². The van der Waals surface area contributed by atoms with Gasteiger partial charge in [-0.2, -0.15) is 0 Å². The molecular weight excluding hydrogens is 234 g/mol. The number of ether oxygens (including phenoxy) is 1. The fourth-order valence-corrected chi connectivity index (χ4v) is 2.31. The first kappa shape index (κ1) is 12.4. The van der Waals surface area contributed by atoms with Crippen molar-refractivity contribution < 1.29 is 19.4 Å². The molecule has 2 atom stereocenters. The maximum atomic E-state index is 11.7. The van der Waals surface area contributed by atoms with Gasteiger partial charge in [0.2, 0.25) is 5.91 Å². The lowest BCUT2D eigenvalue weighted by molar-refractivity contribution is -0.120. The van der Waals surface area contributed by atoms with Crippen molar-refractivity contribution in [3.8, 4) is 5.75 Å². The Bertz CT molecular complexity index is 498. The van der Waals surface area contributed by atoms with Crippen molar-refractivity contribution in [1.82, 2.24) is 5.32 Å². The summed E-state index contributed by atoms with van der Waals surface area (Å²) in [5.41, 5.74) is 0.895. The Morgan fingerprint density at radius 3 is 2.72 bits per heavy atom. The predicted molar refractivity (Wildman–Crippen MR) is 64.9 cm³/mol. The third-order valence-corrected chi connectivity index (χ3v) is 3.26. The van der Waals surface area contributed by atoms with Crippen LogP contribution in [0.1, 0.15) is 28.8 Å². The molecule has 2 N–H and O–H groups in total. The smallest absolute Gasteiger partial charge is 0.339 e. The van der Waals surface area contributed by atoms with Crippen LogP contribution in [0.4, 0.5) is 0 Å². The number of rotatable bonds is 3. The molecule has 0 spiro atoms. The zero-order valence-corrected chi connectivity index (χ0v) is 10.3. The van der Waals surface area contributed by atoms with Crippen molar-refractivity contribution in [2.24, 2.45) is 5.92 Å². The number of aromatic carboxylic acids is 1. The molecule has 1 aliphatic rings. The average molecular weight is 249 g/mol.